The van der Waals surface area contributed by atoms with Crippen molar-refractivity contribution in [3.8, 4) is 12.3 Å². The molecule has 0 spiro atoms. The summed E-state index contributed by atoms with van der Waals surface area (Å²) in [6.07, 6.45) is 6.71. The Bertz CT molecular complexity index is 316. The fourth-order valence-electron chi connectivity index (χ4n) is 1.38. The van der Waals surface area contributed by atoms with Crippen LogP contribution in [0.1, 0.15) is 26.2 Å². The fourth-order valence-corrected chi connectivity index (χ4v) is 1.89. The number of aliphatic carboxylic acids is 1. The molecule has 1 atom stereocenters. The molecule has 0 aromatic rings. The molecule has 0 saturated carbocycles. The number of carboxylic acid groups (broad SMARTS) is 1. The molecule has 0 bridgehead atoms. The zero-order valence-corrected chi connectivity index (χ0v) is 12.1. The van der Waals surface area contributed by atoms with E-state index in [0.29, 0.717) is 31.2 Å². The second-order valence-electron chi connectivity index (χ2n) is 4.27. The van der Waals surface area contributed by atoms with Crippen molar-refractivity contribution in [1.82, 2.24) is 10.6 Å². The van der Waals surface area contributed by atoms with Crippen LogP contribution in [0.5, 0.6) is 0 Å². The van der Waals surface area contributed by atoms with Crippen LogP contribution in [-0.4, -0.2) is 41.7 Å². The number of carbonyl (C=O) groups is 2. The standard InChI is InChI=1S/C13H22N2O3S/c1-3-9-19-10-8-15-13(18)14-7-6-11(2)4-5-12(16)17/h1,11H,4-10H2,2H3,(H,16,17)(H2,14,15,18). The Morgan fingerprint density at radius 1 is 1.32 bits per heavy atom. The lowest BCUT2D eigenvalue weighted by Gasteiger charge is -2.11. The largest absolute Gasteiger partial charge is 0.481 e. The van der Waals surface area contributed by atoms with E-state index in [1.807, 2.05) is 6.92 Å². The number of urea groups is 1. The van der Waals surface area contributed by atoms with Gasteiger partial charge in [-0.15, -0.1) is 18.2 Å². The number of carbonyl (C=O) groups excluding carboxylic acids is 1. The summed E-state index contributed by atoms with van der Waals surface area (Å²) in [5, 5.41) is 14.0. The van der Waals surface area contributed by atoms with Crippen molar-refractivity contribution in [2.24, 2.45) is 5.92 Å². The van der Waals surface area contributed by atoms with Crippen LogP contribution < -0.4 is 10.6 Å². The Morgan fingerprint density at radius 3 is 2.63 bits per heavy atom. The molecule has 3 N–H and O–H groups in total. The second kappa shape index (κ2) is 11.7. The summed E-state index contributed by atoms with van der Waals surface area (Å²) in [7, 11) is 0. The molecular formula is C13H22N2O3S. The maximum absolute atomic E-state index is 11.4. The van der Waals surface area contributed by atoms with E-state index in [4.69, 9.17) is 11.5 Å². The van der Waals surface area contributed by atoms with Gasteiger partial charge in [-0.25, -0.2) is 4.79 Å². The highest BCUT2D eigenvalue weighted by molar-refractivity contribution is 7.99. The van der Waals surface area contributed by atoms with Crippen molar-refractivity contribution in [3.05, 3.63) is 0 Å². The van der Waals surface area contributed by atoms with Crippen molar-refractivity contribution in [1.29, 1.82) is 0 Å². The lowest BCUT2D eigenvalue weighted by atomic mass is 10.0. The van der Waals surface area contributed by atoms with E-state index < -0.39 is 5.97 Å². The van der Waals surface area contributed by atoms with Gasteiger partial charge in [0.15, 0.2) is 0 Å². The minimum absolute atomic E-state index is 0.180. The summed E-state index contributed by atoms with van der Waals surface area (Å²) in [5.41, 5.74) is 0. The average Bonchev–Trinajstić information content (AvgIpc) is 2.36. The van der Waals surface area contributed by atoms with E-state index >= 15 is 0 Å². The first-order valence-corrected chi connectivity index (χ1v) is 7.46. The molecule has 2 amide bonds. The maximum Gasteiger partial charge on any atom is 0.314 e. The van der Waals surface area contributed by atoms with Crippen molar-refractivity contribution in [3.63, 3.8) is 0 Å². The topological polar surface area (TPSA) is 78.4 Å². The molecule has 0 aromatic heterocycles. The number of thioether (sulfide) groups is 1. The van der Waals surface area contributed by atoms with Crippen LogP contribution in [0.3, 0.4) is 0 Å². The molecule has 5 nitrogen and oxygen atoms in total. The van der Waals surface area contributed by atoms with Gasteiger partial charge in [-0.05, 0) is 18.8 Å². The van der Waals surface area contributed by atoms with Crippen LogP contribution in [0.4, 0.5) is 4.79 Å². The average molecular weight is 286 g/mol. The quantitative estimate of drug-likeness (QED) is 0.420. The zero-order chi connectivity index (χ0) is 14.5. The van der Waals surface area contributed by atoms with E-state index in [-0.39, 0.29) is 12.5 Å². The van der Waals surface area contributed by atoms with Crippen molar-refractivity contribution < 1.29 is 14.7 Å². The Kier molecular flexibility index (Phi) is 10.9. The summed E-state index contributed by atoms with van der Waals surface area (Å²) in [6.45, 7) is 3.13. The van der Waals surface area contributed by atoms with Gasteiger partial charge in [-0.2, -0.15) is 0 Å². The summed E-state index contributed by atoms with van der Waals surface area (Å²) < 4.78 is 0. The maximum atomic E-state index is 11.4. The number of hydrogen-bond donors (Lipinski definition) is 3. The molecule has 0 aromatic carbocycles. The summed E-state index contributed by atoms with van der Waals surface area (Å²) >= 11 is 1.60. The molecule has 6 heteroatoms. The predicted octanol–water partition coefficient (Wildman–Crippen LogP) is 1.54. The SMILES string of the molecule is C#CCSCCNC(=O)NCCC(C)CCC(=O)O. The van der Waals surface area contributed by atoms with Crippen molar-refractivity contribution >= 4 is 23.8 Å². The Labute approximate surface area is 118 Å². The lowest BCUT2D eigenvalue weighted by molar-refractivity contribution is -0.137. The van der Waals surface area contributed by atoms with Gasteiger partial charge in [0.2, 0.25) is 0 Å². The Balaban J connectivity index is 3.42. The van der Waals surface area contributed by atoms with Crippen LogP contribution in [-0.2, 0) is 4.79 Å². The number of hydrogen-bond acceptors (Lipinski definition) is 3. The molecule has 0 aliphatic rings. The highest BCUT2D eigenvalue weighted by atomic mass is 32.2. The zero-order valence-electron chi connectivity index (χ0n) is 11.3. The molecule has 0 aliphatic heterocycles. The van der Waals surface area contributed by atoms with Gasteiger partial charge in [-0.1, -0.05) is 12.8 Å². The van der Waals surface area contributed by atoms with Crippen molar-refractivity contribution in [2.75, 3.05) is 24.6 Å². The first-order valence-electron chi connectivity index (χ1n) is 6.31. The molecule has 108 valence electrons. The third kappa shape index (κ3) is 12.9. The Hall–Kier alpha value is -1.35. The monoisotopic (exact) mass is 286 g/mol. The van der Waals surface area contributed by atoms with Gasteiger partial charge >= 0.3 is 12.0 Å². The van der Waals surface area contributed by atoms with Gasteiger partial charge in [0, 0.05) is 25.3 Å². The summed E-state index contributed by atoms with van der Waals surface area (Å²) in [4.78, 5) is 21.7. The molecule has 0 radical (unpaired) electrons. The minimum Gasteiger partial charge on any atom is -0.481 e. The second-order valence-corrected chi connectivity index (χ2v) is 5.37. The summed E-state index contributed by atoms with van der Waals surface area (Å²) in [6, 6.07) is -0.188. The fraction of sp³-hybridized carbons (Fsp3) is 0.692. The van der Waals surface area contributed by atoms with E-state index in [1.165, 1.54) is 0 Å². The molecule has 0 saturated heterocycles. The molecule has 0 rings (SSSR count). The molecule has 0 fully saturated rings. The summed E-state index contributed by atoms with van der Waals surface area (Å²) in [5.74, 6) is 3.49. The van der Waals surface area contributed by atoms with Gasteiger partial charge in [0.05, 0.1) is 5.75 Å². The van der Waals surface area contributed by atoms with Gasteiger partial charge in [-0.3, -0.25) is 4.79 Å². The third-order valence-corrected chi connectivity index (χ3v) is 3.35. The van der Waals surface area contributed by atoms with Crippen LogP contribution in [0, 0.1) is 18.3 Å². The highest BCUT2D eigenvalue weighted by Gasteiger charge is 2.06. The van der Waals surface area contributed by atoms with Gasteiger partial charge in [0.25, 0.3) is 0 Å². The first-order chi connectivity index (χ1) is 9.06. The predicted molar refractivity (Wildman–Crippen MR) is 78.2 cm³/mol. The Morgan fingerprint density at radius 2 is 2.00 bits per heavy atom. The molecule has 19 heavy (non-hydrogen) atoms. The molecule has 0 aliphatic carbocycles. The van der Waals surface area contributed by atoms with E-state index in [0.717, 1.165) is 12.2 Å². The first kappa shape index (κ1) is 17.6. The van der Waals surface area contributed by atoms with Crippen LogP contribution in [0.2, 0.25) is 0 Å². The van der Waals surface area contributed by atoms with Crippen LogP contribution >= 0.6 is 11.8 Å². The van der Waals surface area contributed by atoms with Crippen molar-refractivity contribution in [2.45, 2.75) is 26.2 Å². The van der Waals surface area contributed by atoms with E-state index in [2.05, 4.69) is 16.6 Å². The van der Waals surface area contributed by atoms with Crippen LogP contribution in [0.15, 0.2) is 0 Å². The van der Waals surface area contributed by atoms with E-state index in [1.54, 1.807) is 11.8 Å². The number of carboxylic acids is 1. The molecule has 1 unspecified atom stereocenters. The minimum atomic E-state index is -0.776. The molecular weight excluding hydrogens is 264 g/mol. The third-order valence-electron chi connectivity index (χ3n) is 2.49. The molecule has 0 heterocycles. The lowest BCUT2D eigenvalue weighted by Crippen LogP contribution is -2.37. The normalized spacial score (nSPS) is 11.4. The van der Waals surface area contributed by atoms with Crippen LogP contribution in [0.25, 0.3) is 0 Å². The van der Waals surface area contributed by atoms with Gasteiger partial charge in [0.1, 0.15) is 0 Å². The smallest absolute Gasteiger partial charge is 0.314 e. The van der Waals surface area contributed by atoms with E-state index in [9.17, 15) is 9.59 Å². The number of nitrogens with one attached hydrogen (secondary N) is 2. The number of amides is 2. The highest BCUT2D eigenvalue weighted by Crippen LogP contribution is 2.08. The number of terminal acetylenes is 1. The number of rotatable bonds is 10. The van der Waals surface area contributed by atoms with Gasteiger partial charge < -0.3 is 15.7 Å².